The molecular weight excluding hydrogens is 218 g/mol. The lowest BCUT2D eigenvalue weighted by molar-refractivity contribution is -0.144. The number of nitrogens with zero attached hydrogens (tertiary/aromatic N) is 1. The molecule has 0 aliphatic rings. The Hall–Kier alpha value is -1.84. The fraction of sp³-hybridized carbons (Fsp3) is 0.385. The van der Waals surface area contributed by atoms with Gasteiger partial charge in [-0.25, -0.2) is 4.98 Å². The lowest BCUT2D eigenvalue weighted by Crippen LogP contribution is -2.12. The number of rotatable bonds is 3. The molecule has 0 N–H and O–H groups in total. The van der Waals surface area contributed by atoms with Gasteiger partial charge in [-0.1, -0.05) is 6.07 Å². The molecule has 0 saturated carbocycles. The second-order valence-electron chi connectivity index (χ2n) is 3.93. The van der Waals surface area contributed by atoms with Crippen molar-refractivity contribution in [1.29, 1.82) is 0 Å². The zero-order valence-electron chi connectivity index (χ0n) is 10.2. The van der Waals surface area contributed by atoms with Gasteiger partial charge in [-0.05, 0) is 31.5 Å². The van der Waals surface area contributed by atoms with E-state index >= 15 is 0 Å². The van der Waals surface area contributed by atoms with Crippen LogP contribution in [0.5, 0.6) is 0 Å². The molecule has 1 heterocycles. The third-order valence-electron chi connectivity index (χ3n) is 2.66. The third kappa shape index (κ3) is 2.30. The first-order chi connectivity index (χ1) is 8.11. The lowest BCUT2D eigenvalue weighted by atomic mass is 10.0. The summed E-state index contributed by atoms with van der Waals surface area (Å²) in [6.07, 6.45) is 0. The number of hydrogen-bond acceptors (Lipinski definition) is 4. The van der Waals surface area contributed by atoms with Crippen LogP contribution in [-0.2, 0) is 9.53 Å². The molecule has 1 atom stereocenters. The molecule has 0 fully saturated rings. The summed E-state index contributed by atoms with van der Waals surface area (Å²) in [5.41, 5.74) is 2.41. The van der Waals surface area contributed by atoms with Gasteiger partial charge in [0.25, 0.3) is 0 Å². The van der Waals surface area contributed by atoms with Gasteiger partial charge in [-0.2, -0.15) is 0 Å². The van der Waals surface area contributed by atoms with Crippen molar-refractivity contribution in [3.63, 3.8) is 0 Å². The smallest absolute Gasteiger partial charge is 0.313 e. The number of aryl methyl sites for hydroxylation is 1. The fourth-order valence-electron chi connectivity index (χ4n) is 1.73. The van der Waals surface area contributed by atoms with Crippen molar-refractivity contribution in [3.05, 3.63) is 29.7 Å². The second kappa shape index (κ2) is 4.57. The molecule has 0 aliphatic heterocycles. The zero-order valence-corrected chi connectivity index (χ0v) is 10.2. The number of fused-ring (bicyclic) bond motifs is 1. The van der Waals surface area contributed by atoms with Gasteiger partial charge in [0.1, 0.15) is 5.52 Å². The van der Waals surface area contributed by atoms with Crippen LogP contribution in [0.15, 0.2) is 22.6 Å². The van der Waals surface area contributed by atoms with Crippen LogP contribution in [0.25, 0.3) is 11.1 Å². The van der Waals surface area contributed by atoms with Crippen LogP contribution in [0.3, 0.4) is 0 Å². The van der Waals surface area contributed by atoms with Crippen LogP contribution in [-0.4, -0.2) is 17.6 Å². The minimum absolute atomic E-state index is 0.216. The molecule has 4 heteroatoms. The number of carbonyl (C=O) groups is 1. The van der Waals surface area contributed by atoms with Crippen LogP contribution >= 0.6 is 0 Å². The highest BCUT2D eigenvalue weighted by molar-refractivity contribution is 5.81. The summed E-state index contributed by atoms with van der Waals surface area (Å²) in [5.74, 6) is 0.129. The van der Waals surface area contributed by atoms with Gasteiger partial charge < -0.3 is 9.15 Å². The first kappa shape index (κ1) is 11.6. The van der Waals surface area contributed by atoms with E-state index in [1.165, 1.54) is 0 Å². The Bertz CT molecular complexity index is 545. The van der Waals surface area contributed by atoms with Gasteiger partial charge in [0.15, 0.2) is 11.5 Å². The quantitative estimate of drug-likeness (QED) is 0.765. The highest BCUT2D eigenvalue weighted by atomic mass is 16.5. The van der Waals surface area contributed by atoms with Crippen molar-refractivity contribution in [1.82, 2.24) is 4.98 Å². The van der Waals surface area contributed by atoms with Gasteiger partial charge in [-0.3, -0.25) is 4.79 Å². The normalized spacial score (nSPS) is 12.6. The maximum Gasteiger partial charge on any atom is 0.313 e. The van der Waals surface area contributed by atoms with E-state index in [2.05, 4.69) is 4.98 Å². The van der Waals surface area contributed by atoms with Crippen LogP contribution in [0.4, 0.5) is 0 Å². The Labute approximate surface area is 99.6 Å². The maximum atomic E-state index is 11.6. The van der Waals surface area contributed by atoms with E-state index in [0.717, 1.165) is 16.7 Å². The molecule has 90 valence electrons. The molecular formula is C13H15NO3. The van der Waals surface area contributed by atoms with Crippen molar-refractivity contribution in [2.45, 2.75) is 26.7 Å². The Balaban J connectivity index is 2.32. The number of hydrogen-bond donors (Lipinski definition) is 0. The summed E-state index contributed by atoms with van der Waals surface area (Å²) in [7, 11) is 0. The average molecular weight is 233 g/mol. The molecule has 1 unspecified atom stereocenters. The minimum Gasteiger partial charge on any atom is -0.466 e. The number of benzene rings is 1. The molecule has 0 spiro atoms. The van der Waals surface area contributed by atoms with Crippen molar-refractivity contribution in [3.8, 4) is 0 Å². The SMILES string of the molecule is CCOC(=O)C(C)c1ccc2oc(C)nc2c1. The molecule has 2 aromatic rings. The average Bonchev–Trinajstić information content (AvgIpc) is 2.67. The Morgan fingerprint density at radius 2 is 2.29 bits per heavy atom. The zero-order chi connectivity index (χ0) is 12.4. The van der Waals surface area contributed by atoms with Crippen molar-refractivity contribution in [2.75, 3.05) is 6.61 Å². The maximum absolute atomic E-state index is 11.6. The molecule has 2 rings (SSSR count). The van der Waals surface area contributed by atoms with Crippen LogP contribution in [0.1, 0.15) is 31.2 Å². The number of ether oxygens (including phenoxy) is 1. The predicted octanol–water partition coefficient (Wildman–Crippen LogP) is 2.80. The van der Waals surface area contributed by atoms with E-state index in [9.17, 15) is 4.79 Å². The van der Waals surface area contributed by atoms with Crippen LogP contribution in [0.2, 0.25) is 0 Å². The summed E-state index contributed by atoms with van der Waals surface area (Å²) in [4.78, 5) is 15.9. The molecule has 0 bridgehead atoms. The van der Waals surface area contributed by atoms with E-state index in [1.807, 2.05) is 25.1 Å². The Kier molecular flexibility index (Phi) is 3.13. The molecule has 4 nitrogen and oxygen atoms in total. The van der Waals surface area contributed by atoms with Gasteiger partial charge in [0.05, 0.1) is 12.5 Å². The van der Waals surface area contributed by atoms with E-state index < -0.39 is 0 Å². The molecule has 0 saturated heterocycles. The van der Waals surface area contributed by atoms with Gasteiger partial charge in [0.2, 0.25) is 0 Å². The highest BCUT2D eigenvalue weighted by Gasteiger charge is 2.17. The molecule has 0 amide bonds. The minimum atomic E-state index is -0.281. The monoisotopic (exact) mass is 233 g/mol. The molecule has 1 aromatic heterocycles. The summed E-state index contributed by atoms with van der Waals surface area (Å²) >= 11 is 0. The summed E-state index contributed by atoms with van der Waals surface area (Å²) in [6, 6.07) is 5.57. The third-order valence-corrected chi connectivity index (χ3v) is 2.66. The number of carbonyl (C=O) groups excluding carboxylic acids is 1. The van der Waals surface area contributed by atoms with Crippen molar-refractivity contribution in [2.24, 2.45) is 0 Å². The summed E-state index contributed by atoms with van der Waals surface area (Å²) in [5, 5.41) is 0. The summed E-state index contributed by atoms with van der Waals surface area (Å²) in [6.45, 7) is 5.82. The fourth-order valence-corrected chi connectivity index (χ4v) is 1.73. The lowest BCUT2D eigenvalue weighted by Gasteiger charge is -2.10. The largest absolute Gasteiger partial charge is 0.466 e. The van der Waals surface area contributed by atoms with E-state index in [0.29, 0.717) is 12.5 Å². The standard InChI is InChI=1S/C13H15NO3/c1-4-16-13(15)8(2)10-5-6-12-11(7-10)14-9(3)17-12/h5-8H,4H2,1-3H3. The first-order valence-corrected chi connectivity index (χ1v) is 5.65. The summed E-state index contributed by atoms with van der Waals surface area (Å²) < 4.78 is 10.4. The molecule has 0 radical (unpaired) electrons. The number of esters is 1. The Morgan fingerprint density at radius 3 is 3.00 bits per heavy atom. The second-order valence-corrected chi connectivity index (χ2v) is 3.93. The Morgan fingerprint density at radius 1 is 1.53 bits per heavy atom. The topological polar surface area (TPSA) is 52.3 Å². The highest BCUT2D eigenvalue weighted by Crippen LogP contribution is 2.22. The number of aromatic nitrogens is 1. The van der Waals surface area contributed by atoms with Crippen LogP contribution in [0, 0.1) is 6.92 Å². The van der Waals surface area contributed by atoms with Crippen molar-refractivity contribution >= 4 is 17.1 Å². The molecule has 1 aromatic carbocycles. The van der Waals surface area contributed by atoms with Crippen LogP contribution < -0.4 is 0 Å². The number of oxazole rings is 1. The van der Waals surface area contributed by atoms with E-state index in [4.69, 9.17) is 9.15 Å². The van der Waals surface area contributed by atoms with Crippen molar-refractivity contribution < 1.29 is 13.9 Å². The molecule has 17 heavy (non-hydrogen) atoms. The predicted molar refractivity (Wildman–Crippen MR) is 63.8 cm³/mol. The van der Waals surface area contributed by atoms with E-state index in [1.54, 1.807) is 13.8 Å². The van der Waals surface area contributed by atoms with E-state index in [-0.39, 0.29) is 11.9 Å². The van der Waals surface area contributed by atoms with Gasteiger partial charge in [-0.15, -0.1) is 0 Å². The van der Waals surface area contributed by atoms with Gasteiger partial charge >= 0.3 is 5.97 Å². The molecule has 0 aliphatic carbocycles. The van der Waals surface area contributed by atoms with Gasteiger partial charge in [0, 0.05) is 6.92 Å². The first-order valence-electron chi connectivity index (χ1n) is 5.65.